The summed E-state index contributed by atoms with van der Waals surface area (Å²) in [4.78, 5) is 4.32. The lowest BCUT2D eigenvalue weighted by Crippen LogP contribution is -2.03. The third kappa shape index (κ3) is 2.88. The Bertz CT molecular complexity index is 824. The van der Waals surface area contributed by atoms with Crippen LogP contribution in [0.15, 0.2) is 46.9 Å². The quantitative estimate of drug-likeness (QED) is 0.772. The Morgan fingerprint density at radius 3 is 2.96 bits per heavy atom. The first-order chi connectivity index (χ1) is 11.8. The van der Waals surface area contributed by atoms with Crippen molar-refractivity contribution in [2.75, 3.05) is 12.4 Å². The lowest BCUT2D eigenvalue weighted by atomic mass is 10.1. The average Bonchev–Trinajstić information content (AvgIpc) is 3.26. The van der Waals surface area contributed by atoms with Gasteiger partial charge in [0.25, 0.3) is 5.89 Å². The van der Waals surface area contributed by atoms with Gasteiger partial charge in [0, 0.05) is 12.5 Å². The van der Waals surface area contributed by atoms with E-state index in [0.29, 0.717) is 24.3 Å². The smallest absolute Gasteiger partial charge is 0.315 e. The largest absolute Gasteiger partial charge is 0.481 e. The van der Waals surface area contributed by atoms with Gasteiger partial charge in [-0.3, -0.25) is 0 Å². The number of pyridine rings is 1. The van der Waals surface area contributed by atoms with Gasteiger partial charge in [0.05, 0.1) is 19.3 Å². The van der Waals surface area contributed by atoms with Crippen LogP contribution in [0.5, 0.6) is 11.6 Å². The second-order valence-electron chi connectivity index (χ2n) is 5.39. The van der Waals surface area contributed by atoms with Gasteiger partial charge in [0.1, 0.15) is 5.75 Å². The van der Waals surface area contributed by atoms with Crippen molar-refractivity contribution in [2.24, 2.45) is 0 Å². The second-order valence-corrected chi connectivity index (χ2v) is 5.39. The normalized spacial score (nSPS) is 15.6. The van der Waals surface area contributed by atoms with Crippen molar-refractivity contribution in [3.05, 3.63) is 59.6 Å². The van der Waals surface area contributed by atoms with Gasteiger partial charge >= 0.3 is 6.01 Å². The minimum Gasteiger partial charge on any atom is -0.481 e. The fraction of sp³-hybridized carbons (Fsp3) is 0.235. The van der Waals surface area contributed by atoms with Gasteiger partial charge in [0.2, 0.25) is 5.88 Å². The van der Waals surface area contributed by atoms with Crippen molar-refractivity contribution in [3.8, 4) is 11.6 Å². The van der Waals surface area contributed by atoms with Gasteiger partial charge in [-0.05, 0) is 17.7 Å². The Morgan fingerprint density at radius 1 is 1.17 bits per heavy atom. The zero-order valence-corrected chi connectivity index (χ0v) is 13.1. The van der Waals surface area contributed by atoms with E-state index in [9.17, 15) is 0 Å². The molecule has 1 unspecified atom stereocenters. The number of aromatic nitrogens is 3. The molecule has 24 heavy (non-hydrogen) atoms. The van der Waals surface area contributed by atoms with Crippen LogP contribution in [0.1, 0.15) is 23.3 Å². The number of methoxy groups -OCH3 is 1. The predicted molar refractivity (Wildman–Crippen MR) is 85.9 cm³/mol. The summed E-state index contributed by atoms with van der Waals surface area (Å²) in [5.41, 5.74) is 1.97. The Kier molecular flexibility index (Phi) is 3.74. The first-order valence-electron chi connectivity index (χ1n) is 7.63. The molecule has 3 aromatic rings. The standard InChI is InChI=1S/C17H16N4O3/c1-22-15-8-4-6-12(19-15)10-18-17-21-20-16(24-17)14-9-11-5-2-3-7-13(11)23-14/h2-8,14H,9-10H2,1H3,(H,18,21). The molecule has 1 N–H and O–H groups in total. The molecule has 0 amide bonds. The zero-order chi connectivity index (χ0) is 16.4. The lowest BCUT2D eigenvalue weighted by molar-refractivity contribution is 0.199. The maximum Gasteiger partial charge on any atom is 0.315 e. The SMILES string of the molecule is COc1cccc(CNc2nnc(C3Cc4ccccc4O3)o2)n1. The van der Waals surface area contributed by atoms with Crippen LogP contribution < -0.4 is 14.8 Å². The number of benzene rings is 1. The van der Waals surface area contributed by atoms with Crippen LogP contribution in [0.3, 0.4) is 0 Å². The number of para-hydroxylation sites is 1. The molecule has 3 heterocycles. The van der Waals surface area contributed by atoms with Crippen LogP contribution in [0, 0.1) is 0 Å². The topological polar surface area (TPSA) is 82.3 Å². The van der Waals surface area contributed by atoms with Gasteiger partial charge in [-0.15, -0.1) is 5.10 Å². The molecule has 0 bridgehead atoms. The molecule has 1 atom stereocenters. The van der Waals surface area contributed by atoms with Gasteiger partial charge in [0.15, 0.2) is 6.10 Å². The molecular weight excluding hydrogens is 308 g/mol. The third-order valence-corrected chi connectivity index (χ3v) is 3.77. The van der Waals surface area contributed by atoms with Crippen molar-refractivity contribution in [1.82, 2.24) is 15.2 Å². The molecule has 7 heteroatoms. The van der Waals surface area contributed by atoms with Crippen LogP contribution in [0.2, 0.25) is 0 Å². The van der Waals surface area contributed by atoms with Gasteiger partial charge < -0.3 is 19.2 Å². The summed E-state index contributed by atoms with van der Waals surface area (Å²) in [5, 5.41) is 11.2. The fourth-order valence-corrected chi connectivity index (χ4v) is 2.59. The minimum atomic E-state index is -0.236. The first-order valence-corrected chi connectivity index (χ1v) is 7.63. The number of anilines is 1. The van der Waals surface area contributed by atoms with Crippen molar-refractivity contribution in [3.63, 3.8) is 0 Å². The summed E-state index contributed by atoms with van der Waals surface area (Å²) in [6.45, 7) is 0.463. The summed E-state index contributed by atoms with van der Waals surface area (Å²) in [5.74, 6) is 1.90. The van der Waals surface area contributed by atoms with E-state index in [4.69, 9.17) is 13.9 Å². The van der Waals surface area contributed by atoms with Gasteiger partial charge in [-0.1, -0.05) is 29.4 Å². The summed E-state index contributed by atoms with van der Waals surface area (Å²) >= 11 is 0. The molecule has 0 fully saturated rings. The number of rotatable bonds is 5. The third-order valence-electron chi connectivity index (χ3n) is 3.77. The summed E-state index contributed by atoms with van der Waals surface area (Å²) in [7, 11) is 1.59. The highest BCUT2D eigenvalue weighted by molar-refractivity contribution is 5.38. The summed E-state index contributed by atoms with van der Waals surface area (Å²) in [6, 6.07) is 13.8. The van der Waals surface area contributed by atoms with Crippen molar-refractivity contribution in [1.29, 1.82) is 0 Å². The zero-order valence-electron chi connectivity index (χ0n) is 13.1. The molecular formula is C17H16N4O3. The lowest BCUT2D eigenvalue weighted by Gasteiger charge is -2.05. The molecule has 0 saturated carbocycles. The number of nitrogens with zero attached hydrogens (tertiary/aromatic N) is 3. The average molecular weight is 324 g/mol. The number of hydrogen-bond donors (Lipinski definition) is 1. The van der Waals surface area contributed by atoms with Crippen molar-refractivity contribution in [2.45, 2.75) is 19.1 Å². The van der Waals surface area contributed by atoms with E-state index in [1.807, 2.05) is 36.4 Å². The number of nitrogens with one attached hydrogen (secondary N) is 1. The molecule has 1 aliphatic rings. The molecule has 0 saturated heterocycles. The van der Waals surface area contributed by atoms with Crippen LogP contribution in [-0.2, 0) is 13.0 Å². The van der Waals surface area contributed by atoms with E-state index < -0.39 is 0 Å². The highest BCUT2D eigenvalue weighted by Gasteiger charge is 2.28. The van der Waals surface area contributed by atoms with Crippen LogP contribution in [-0.4, -0.2) is 22.3 Å². The number of hydrogen-bond acceptors (Lipinski definition) is 7. The summed E-state index contributed by atoms with van der Waals surface area (Å²) < 4.78 is 16.6. The molecule has 4 rings (SSSR count). The first kappa shape index (κ1) is 14.5. The monoisotopic (exact) mass is 324 g/mol. The molecule has 7 nitrogen and oxygen atoms in total. The number of fused-ring (bicyclic) bond motifs is 1. The van der Waals surface area contributed by atoms with Gasteiger partial charge in [-0.25, -0.2) is 4.98 Å². The van der Waals surface area contributed by atoms with Crippen molar-refractivity contribution >= 4 is 6.01 Å². The molecule has 0 spiro atoms. The highest BCUT2D eigenvalue weighted by Crippen LogP contribution is 2.36. The fourth-order valence-electron chi connectivity index (χ4n) is 2.59. The maximum absolute atomic E-state index is 5.85. The Labute approximate surface area is 138 Å². The highest BCUT2D eigenvalue weighted by atomic mass is 16.5. The van der Waals surface area contributed by atoms with E-state index in [-0.39, 0.29) is 6.10 Å². The van der Waals surface area contributed by atoms with E-state index in [1.165, 1.54) is 0 Å². The van der Waals surface area contributed by atoms with E-state index in [0.717, 1.165) is 23.4 Å². The number of ether oxygens (including phenoxy) is 2. The molecule has 0 aliphatic carbocycles. The van der Waals surface area contributed by atoms with E-state index >= 15 is 0 Å². The second kappa shape index (κ2) is 6.19. The van der Waals surface area contributed by atoms with Crippen LogP contribution in [0.25, 0.3) is 0 Å². The predicted octanol–water partition coefficient (Wildman–Crippen LogP) is 2.76. The molecule has 1 aliphatic heterocycles. The molecule has 1 aromatic carbocycles. The Morgan fingerprint density at radius 2 is 2.08 bits per heavy atom. The Hall–Kier alpha value is -3.09. The summed E-state index contributed by atoms with van der Waals surface area (Å²) in [6.07, 6.45) is 0.496. The van der Waals surface area contributed by atoms with Crippen LogP contribution >= 0.6 is 0 Å². The molecule has 122 valence electrons. The minimum absolute atomic E-state index is 0.236. The Balaban J connectivity index is 1.40. The van der Waals surface area contributed by atoms with Gasteiger partial charge in [-0.2, -0.15) is 0 Å². The van der Waals surface area contributed by atoms with E-state index in [2.05, 4.69) is 20.5 Å². The van der Waals surface area contributed by atoms with E-state index in [1.54, 1.807) is 13.2 Å². The maximum atomic E-state index is 5.85. The van der Waals surface area contributed by atoms with Crippen LogP contribution in [0.4, 0.5) is 6.01 Å². The molecule has 2 aromatic heterocycles. The van der Waals surface area contributed by atoms with Crippen molar-refractivity contribution < 1.29 is 13.9 Å². The molecule has 0 radical (unpaired) electrons.